The molecule has 0 amide bonds. The molecule has 0 radical (unpaired) electrons. The van der Waals surface area contributed by atoms with Crippen molar-refractivity contribution in [1.29, 1.82) is 0 Å². The molecule has 1 aliphatic rings. The smallest absolute Gasteiger partial charge is 0.244 e. The second kappa shape index (κ2) is 9.37. The molecule has 150 valence electrons. The molecule has 1 atom stereocenters. The number of aryl methyl sites for hydroxylation is 1. The second-order valence-corrected chi connectivity index (χ2v) is 8.01. The van der Waals surface area contributed by atoms with Gasteiger partial charge >= 0.3 is 0 Å². The first kappa shape index (κ1) is 19.2. The predicted octanol–water partition coefficient (Wildman–Crippen LogP) is 5.87. The highest BCUT2D eigenvalue weighted by Crippen LogP contribution is 2.27. The standard InChI is InChI=1S/C23H32N4O/c1-2-3-4-5-6-7-8-15-27-16-13-18-17-19(11-12-21(18)27)22-25-23(28-26-22)20-10-9-14-24-20/h11-13,16-17,20,24H,2-10,14-15H2,1H3. The fourth-order valence-electron chi connectivity index (χ4n) is 4.16. The highest BCUT2D eigenvalue weighted by molar-refractivity contribution is 5.84. The maximum absolute atomic E-state index is 5.49. The van der Waals surface area contributed by atoms with Crippen molar-refractivity contribution in [3.05, 3.63) is 36.4 Å². The van der Waals surface area contributed by atoms with Gasteiger partial charge in [-0.25, -0.2) is 0 Å². The molecular weight excluding hydrogens is 348 g/mol. The van der Waals surface area contributed by atoms with E-state index in [-0.39, 0.29) is 6.04 Å². The third kappa shape index (κ3) is 4.46. The monoisotopic (exact) mass is 380 g/mol. The Morgan fingerprint density at radius 1 is 1.11 bits per heavy atom. The number of benzene rings is 1. The number of nitrogens with zero attached hydrogens (tertiary/aromatic N) is 3. The first-order valence-corrected chi connectivity index (χ1v) is 11.0. The summed E-state index contributed by atoms with van der Waals surface area (Å²) in [6.45, 7) is 4.39. The normalized spacial score (nSPS) is 17.0. The molecule has 1 aliphatic heterocycles. The third-order valence-electron chi connectivity index (χ3n) is 5.83. The van der Waals surface area contributed by atoms with Gasteiger partial charge in [-0.3, -0.25) is 0 Å². The third-order valence-corrected chi connectivity index (χ3v) is 5.83. The molecule has 1 unspecified atom stereocenters. The fraction of sp³-hybridized carbons (Fsp3) is 0.565. The number of nitrogens with one attached hydrogen (secondary N) is 1. The molecule has 1 aromatic carbocycles. The van der Waals surface area contributed by atoms with Crippen LogP contribution in [0.1, 0.15) is 76.6 Å². The van der Waals surface area contributed by atoms with Crippen LogP contribution in [0.2, 0.25) is 0 Å². The fourth-order valence-corrected chi connectivity index (χ4v) is 4.16. The van der Waals surface area contributed by atoms with E-state index in [1.54, 1.807) is 0 Å². The molecule has 5 heteroatoms. The van der Waals surface area contributed by atoms with E-state index in [2.05, 4.69) is 57.4 Å². The maximum Gasteiger partial charge on any atom is 0.244 e. The molecule has 0 aliphatic carbocycles. The quantitative estimate of drug-likeness (QED) is 0.447. The molecule has 5 nitrogen and oxygen atoms in total. The Labute approximate surface area is 167 Å². The van der Waals surface area contributed by atoms with Gasteiger partial charge in [0, 0.05) is 29.2 Å². The van der Waals surface area contributed by atoms with Gasteiger partial charge in [-0.2, -0.15) is 4.98 Å². The summed E-state index contributed by atoms with van der Waals surface area (Å²) >= 11 is 0. The van der Waals surface area contributed by atoms with Gasteiger partial charge in [0.25, 0.3) is 0 Å². The Balaban J connectivity index is 1.36. The van der Waals surface area contributed by atoms with E-state index in [1.807, 2.05) is 0 Å². The van der Waals surface area contributed by atoms with Gasteiger partial charge in [0.15, 0.2) is 0 Å². The molecular formula is C23H32N4O. The van der Waals surface area contributed by atoms with Crippen LogP contribution in [0.3, 0.4) is 0 Å². The van der Waals surface area contributed by atoms with E-state index >= 15 is 0 Å². The topological polar surface area (TPSA) is 55.9 Å². The molecule has 0 bridgehead atoms. The second-order valence-electron chi connectivity index (χ2n) is 8.01. The van der Waals surface area contributed by atoms with E-state index in [0.717, 1.165) is 25.1 Å². The summed E-state index contributed by atoms with van der Waals surface area (Å²) in [4.78, 5) is 4.62. The first-order valence-electron chi connectivity index (χ1n) is 11.0. The van der Waals surface area contributed by atoms with E-state index in [0.29, 0.717) is 11.7 Å². The van der Waals surface area contributed by atoms with Gasteiger partial charge in [-0.1, -0.05) is 50.6 Å². The van der Waals surface area contributed by atoms with Crippen LogP contribution in [0.4, 0.5) is 0 Å². The van der Waals surface area contributed by atoms with Crippen LogP contribution < -0.4 is 5.32 Å². The van der Waals surface area contributed by atoms with Crippen LogP contribution >= 0.6 is 0 Å². The molecule has 4 rings (SSSR count). The minimum absolute atomic E-state index is 0.216. The molecule has 0 saturated carbocycles. The van der Waals surface area contributed by atoms with Crippen LogP contribution in [0.15, 0.2) is 35.0 Å². The molecule has 1 fully saturated rings. The van der Waals surface area contributed by atoms with Crippen molar-refractivity contribution in [2.75, 3.05) is 6.54 Å². The molecule has 0 spiro atoms. The zero-order chi connectivity index (χ0) is 19.2. The van der Waals surface area contributed by atoms with Gasteiger partial charge in [0.1, 0.15) is 0 Å². The Morgan fingerprint density at radius 2 is 1.96 bits per heavy atom. The molecule has 3 aromatic rings. The lowest BCUT2D eigenvalue weighted by Crippen LogP contribution is -2.12. The minimum atomic E-state index is 0.216. The van der Waals surface area contributed by atoms with E-state index in [9.17, 15) is 0 Å². The van der Waals surface area contributed by atoms with Crippen molar-refractivity contribution in [3.63, 3.8) is 0 Å². The summed E-state index contributed by atoms with van der Waals surface area (Å²) < 4.78 is 7.86. The Kier molecular flexibility index (Phi) is 6.42. The van der Waals surface area contributed by atoms with Gasteiger partial charge in [0.05, 0.1) is 6.04 Å². The SMILES string of the molecule is CCCCCCCCCn1ccc2cc(-c3noc(C4CCCN4)n3)ccc21. The number of fused-ring (bicyclic) bond motifs is 1. The maximum atomic E-state index is 5.49. The van der Waals surface area contributed by atoms with Gasteiger partial charge in [0.2, 0.25) is 11.7 Å². The van der Waals surface area contributed by atoms with Gasteiger partial charge < -0.3 is 14.4 Å². The Bertz CT molecular complexity index is 876. The lowest BCUT2D eigenvalue weighted by molar-refractivity contribution is 0.345. The van der Waals surface area contributed by atoms with Crippen LogP contribution in [-0.2, 0) is 6.54 Å². The largest absolute Gasteiger partial charge is 0.347 e. The van der Waals surface area contributed by atoms with E-state index in [4.69, 9.17) is 4.52 Å². The zero-order valence-electron chi connectivity index (χ0n) is 17.0. The number of aromatic nitrogens is 3. The first-order chi connectivity index (χ1) is 13.8. The van der Waals surface area contributed by atoms with Crippen LogP contribution in [0, 0.1) is 0 Å². The van der Waals surface area contributed by atoms with Crippen LogP contribution in [0.25, 0.3) is 22.3 Å². The lowest BCUT2D eigenvalue weighted by Gasteiger charge is -2.06. The van der Waals surface area contributed by atoms with Gasteiger partial charge in [-0.05, 0) is 50.1 Å². The average Bonchev–Trinajstić information content (AvgIpc) is 3.46. The number of hydrogen-bond donors (Lipinski definition) is 1. The van der Waals surface area contributed by atoms with Crippen molar-refractivity contribution in [3.8, 4) is 11.4 Å². The number of hydrogen-bond acceptors (Lipinski definition) is 4. The summed E-state index contributed by atoms with van der Waals surface area (Å²) in [5.74, 6) is 1.40. The van der Waals surface area contributed by atoms with E-state index < -0.39 is 0 Å². The molecule has 1 N–H and O–H groups in total. The number of rotatable bonds is 10. The van der Waals surface area contributed by atoms with Gasteiger partial charge in [-0.15, -0.1) is 0 Å². The Hall–Kier alpha value is -2.14. The van der Waals surface area contributed by atoms with Crippen molar-refractivity contribution >= 4 is 10.9 Å². The summed E-state index contributed by atoms with van der Waals surface area (Å²) in [5, 5.41) is 8.85. The van der Waals surface area contributed by atoms with Crippen molar-refractivity contribution < 1.29 is 4.52 Å². The summed E-state index contributed by atoms with van der Waals surface area (Å²) in [5.41, 5.74) is 2.31. The number of unbranched alkanes of at least 4 members (excludes halogenated alkanes) is 6. The van der Waals surface area contributed by atoms with Crippen molar-refractivity contribution in [1.82, 2.24) is 20.0 Å². The minimum Gasteiger partial charge on any atom is -0.347 e. The molecule has 28 heavy (non-hydrogen) atoms. The average molecular weight is 381 g/mol. The molecule has 3 heterocycles. The highest BCUT2D eigenvalue weighted by Gasteiger charge is 2.22. The van der Waals surface area contributed by atoms with Crippen molar-refractivity contribution in [2.45, 2.75) is 77.3 Å². The zero-order valence-corrected chi connectivity index (χ0v) is 17.0. The van der Waals surface area contributed by atoms with Crippen LogP contribution in [0.5, 0.6) is 0 Å². The summed E-state index contributed by atoms with van der Waals surface area (Å²) in [6, 6.07) is 8.89. The lowest BCUT2D eigenvalue weighted by atomic mass is 10.1. The summed E-state index contributed by atoms with van der Waals surface area (Å²) in [7, 11) is 0. The van der Waals surface area contributed by atoms with Crippen molar-refractivity contribution in [2.24, 2.45) is 0 Å². The summed E-state index contributed by atoms with van der Waals surface area (Å²) in [6.07, 6.45) is 13.8. The molecule has 1 saturated heterocycles. The predicted molar refractivity (Wildman–Crippen MR) is 113 cm³/mol. The molecule has 2 aromatic heterocycles. The van der Waals surface area contributed by atoms with Crippen LogP contribution in [-0.4, -0.2) is 21.3 Å². The highest BCUT2D eigenvalue weighted by atomic mass is 16.5. The Morgan fingerprint density at radius 3 is 2.79 bits per heavy atom. The van der Waals surface area contributed by atoms with E-state index in [1.165, 1.54) is 62.3 Å².